The van der Waals surface area contributed by atoms with Gasteiger partial charge in [-0.2, -0.15) is 12.7 Å². The van der Waals surface area contributed by atoms with Crippen LogP contribution in [0.5, 0.6) is 0 Å². The summed E-state index contributed by atoms with van der Waals surface area (Å²) < 4.78 is 25.2. The van der Waals surface area contributed by atoms with Crippen LogP contribution < -0.4 is 10.0 Å². The van der Waals surface area contributed by atoms with Crippen LogP contribution in [0.3, 0.4) is 0 Å². The minimum absolute atomic E-state index is 0.0868. The van der Waals surface area contributed by atoms with Gasteiger partial charge in [0.05, 0.1) is 5.39 Å². The molecule has 2 aliphatic heterocycles. The summed E-state index contributed by atoms with van der Waals surface area (Å²) in [6, 6.07) is 1.99. The summed E-state index contributed by atoms with van der Waals surface area (Å²) in [7, 11) is -3.65. The van der Waals surface area contributed by atoms with Crippen molar-refractivity contribution in [3.8, 4) is 0 Å². The average molecular weight is 364 g/mol. The third-order valence-corrected chi connectivity index (χ3v) is 7.07. The molecular formula is C16H24N6O2S. The van der Waals surface area contributed by atoms with Crippen LogP contribution in [-0.4, -0.2) is 53.9 Å². The first kappa shape index (κ1) is 16.7. The Balaban J connectivity index is 1.67. The molecule has 2 aliphatic rings. The number of aromatic nitrogens is 3. The molecule has 0 aromatic carbocycles. The summed E-state index contributed by atoms with van der Waals surface area (Å²) in [6.07, 6.45) is 6.29. The number of hydrogen-bond acceptors (Lipinski definition) is 5. The third-order valence-electron chi connectivity index (χ3n) is 6.03. The van der Waals surface area contributed by atoms with E-state index in [4.69, 9.17) is 5.14 Å². The molecule has 25 heavy (non-hydrogen) atoms. The van der Waals surface area contributed by atoms with Gasteiger partial charge in [0.2, 0.25) is 0 Å². The Bertz CT molecular complexity index is 882. The van der Waals surface area contributed by atoms with Crippen LogP contribution in [0, 0.1) is 11.3 Å². The van der Waals surface area contributed by atoms with Crippen molar-refractivity contribution in [2.75, 3.05) is 31.1 Å². The highest BCUT2D eigenvalue weighted by Crippen LogP contribution is 2.45. The van der Waals surface area contributed by atoms with E-state index < -0.39 is 10.2 Å². The van der Waals surface area contributed by atoms with Gasteiger partial charge in [0.1, 0.15) is 17.8 Å². The Hall–Kier alpha value is -1.71. The molecule has 0 aliphatic carbocycles. The minimum atomic E-state index is -3.65. The van der Waals surface area contributed by atoms with Crippen LogP contribution >= 0.6 is 0 Å². The number of H-pyrrole nitrogens is 1. The number of nitrogens with one attached hydrogen (secondary N) is 1. The molecule has 0 amide bonds. The Morgan fingerprint density at radius 1 is 1.32 bits per heavy atom. The van der Waals surface area contributed by atoms with Gasteiger partial charge in [-0.05, 0) is 31.2 Å². The molecule has 8 nitrogen and oxygen atoms in total. The van der Waals surface area contributed by atoms with Crippen LogP contribution in [0.25, 0.3) is 11.0 Å². The molecule has 4 heterocycles. The number of nitrogens with two attached hydrogens (primary N) is 1. The molecule has 2 unspecified atom stereocenters. The van der Waals surface area contributed by atoms with Gasteiger partial charge in [0.25, 0.3) is 10.2 Å². The zero-order valence-corrected chi connectivity index (χ0v) is 15.2. The Morgan fingerprint density at radius 2 is 2.12 bits per heavy atom. The summed E-state index contributed by atoms with van der Waals surface area (Å²) in [5.74, 6) is 1.44. The third kappa shape index (κ3) is 2.80. The second kappa shape index (κ2) is 5.93. The van der Waals surface area contributed by atoms with Crippen molar-refractivity contribution in [3.63, 3.8) is 0 Å². The van der Waals surface area contributed by atoms with Crippen molar-refractivity contribution < 1.29 is 8.42 Å². The second-order valence-electron chi connectivity index (χ2n) is 7.23. The van der Waals surface area contributed by atoms with Crippen molar-refractivity contribution in [1.82, 2.24) is 19.3 Å². The van der Waals surface area contributed by atoms with Gasteiger partial charge in [-0.25, -0.2) is 15.1 Å². The lowest BCUT2D eigenvalue weighted by atomic mass is 9.66. The lowest BCUT2D eigenvalue weighted by molar-refractivity contribution is 0.0463. The van der Waals surface area contributed by atoms with E-state index in [9.17, 15) is 8.42 Å². The van der Waals surface area contributed by atoms with Crippen molar-refractivity contribution in [2.24, 2.45) is 16.5 Å². The monoisotopic (exact) mass is 364 g/mol. The molecule has 0 spiro atoms. The van der Waals surface area contributed by atoms with Gasteiger partial charge in [0, 0.05) is 37.8 Å². The van der Waals surface area contributed by atoms with Crippen molar-refractivity contribution in [1.29, 1.82) is 0 Å². The molecular weight excluding hydrogens is 340 g/mol. The number of nitrogens with zero attached hydrogens (tertiary/aromatic N) is 4. The number of hydrogen-bond donors (Lipinski definition) is 2. The fourth-order valence-corrected chi connectivity index (χ4v) is 5.38. The standard InChI is InChI=1S/C16H24N6O2S/c1-2-16-9-21(15-13-3-6-18-14(13)19-11-20-15)7-4-12(16)5-8-22(10-16)25(17,23)24/h3,6,11-12H,2,4-5,7-10H2,1H3,(H2,17,23,24)(H,18,19,20). The first-order chi connectivity index (χ1) is 11.9. The van der Waals surface area contributed by atoms with E-state index in [0.29, 0.717) is 19.0 Å². The number of fused-ring (bicyclic) bond motifs is 2. The van der Waals surface area contributed by atoms with Gasteiger partial charge in [-0.15, -0.1) is 0 Å². The molecule has 4 rings (SSSR count). The molecule has 2 fully saturated rings. The maximum atomic E-state index is 11.9. The van der Waals surface area contributed by atoms with Crippen LogP contribution in [0.2, 0.25) is 0 Å². The topological polar surface area (TPSA) is 108 Å². The van der Waals surface area contributed by atoms with Gasteiger partial charge >= 0.3 is 0 Å². The summed E-state index contributed by atoms with van der Waals surface area (Å²) in [4.78, 5) is 14.2. The number of anilines is 1. The number of piperidine rings is 2. The normalized spacial score (nSPS) is 28.2. The quantitative estimate of drug-likeness (QED) is 0.847. The maximum absolute atomic E-state index is 11.9. The highest BCUT2D eigenvalue weighted by atomic mass is 32.2. The molecule has 2 aromatic heterocycles. The predicted octanol–water partition coefficient (Wildman–Crippen LogP) is 1.09. The molecule has 3 N–H and O–H groups in total. The van der Waals surface area contributed by atoms with Crippen molar-refractivity contribution in [2.45, 2.75) is 26.2 Å². The van der Waals surface area contributed by atoms with Gasteiger partial charge in [-0.1, -0.05) is 6.92 Å². The molecule has 136 valence electrons. The zero-order valence-electron chi connectivity index (χ0n) is 14.4. The fourth-order valence-electron chi connectivity index (χ4n) is 4.59. The van der Waals surface area contributed by atoms with E-state index >= 15 is 0 Å². The van der Waals surface area contributed by atoms with E-state index in [1.165, 1.54) is 4.31 Å². The van der Waals surface area contributed by atoms with E-state index in [1.54, 1.807) is 6.33 Å². The first-order valence-electron chi connectivity index (χ1n) is 8.74. The first-order valence-corrected chi connectivity index (χ1v) is 10.2. The summed E-state index contributed by atoms with van der Waals surface area (Å²) in [5, 5.41) is 6.42. The largest absolute Gasteiger partial charge is 0.355 e. The molecule has 2 atom stereocenters. The SMILES string of the molecule is CCC12CN(c3ncnc4[nH]ccc34)CCC1CCN(S(N)(=O)=O)C2. The minimum Gasteiger partial charge on any atom is -0.355 e. The summed E-state index contributed by atoms with van der Waals surface area (Å²) in [5.41, 5.74) is 0.740. The van der Waals surface area contributed by atoms with Crippen LogP contribution in [0.15, 0.2) is 18.6 Å². The van der Waals surface area contributed by atoms with E-state index in [0.717, 1.165) is 49.2 Å². The average Bonchev–Trinajstić information content (AvgIpc) is 3.08. The van der Waals surface area contributed by atoms with Crippen LogP contribution in [0.4, 0.5) is 5.82 Å². The van der Waals surface area contributed by atoms with Gasteiger partial charge < -0.3 is 9.88 Å². The zero-order chi connectivity index (χ0) is 17.7. The second-order valence-corrected chi connectivity index (χ2v) is 8.77. The molecule has 0 saturated carbocycles. The summed E-state index contributed by atoms with van der Waals surface area (Å²) in [6.45, 7) is 4.89. The molecule has 9 heteroatoms. The molecule has 2 aromatic rings. The summed E-state index contributed by atoms with van der Waals surface area (Å²) >= 11 is 0. The number of rotatable bonds is 3. The number of aromatic amines is 1. The molecule has 2 saturated heterocycles. The van der Waals surface area contributed by atoms with Crippen LogP contribution in [-0.2, 0) is 10.2 Å². The van der Waals surface area contributed by atoms with Gasteiger partial charge in [-0.3, -0.25) is 0 Å². The van der Waals surface area contributed by atoms with Crippen molar-refractivity contribution in [3.05, 3.63) is 18.6 Å². The predicted molar refractivity (Wildman–Crippen MR) is 96.2 cm³/mol. The van der Waals surface area contributed by atoms with E-state index in [2.05, 4.69) is 26.8 Å². The Morgan fingerprint density at radius 3 is 2.88 bits per heavy atom. The lowest BCUT2D eigenvalue weighted by Gasteiger charge is -2.53. The fraction of sp³-hybridized carbons (Fsp3) is 0.625. The smallest absolute Gasteiger partial charge is 0.276 e. The Labute approximate surface area is 147 Å². The van der Waals surface area contributed by atoms with E-state index in [1.807, 2.05) is 12.3 Å². The molecule has 0 bridgehead atoms. The highest BCUT2D eigenvalue weighted by Gasteiger charge is 2.48. The van der Waals surface area contributed by atoms with Gasteiger partial charge in [0.15, 0.2) is 0 Å². The maximum Gasteiger partial charge on any atom is 0.276 e. The van der Waals surface area contributed by atoms with Crippen LogP contribution in [0.1, 0.15) is 26.2 Å². The van der Waals surface area contributed by atoms with Crippen molar-refractivity contribution >= 4 is 27.1 Å². The van der Waals surface area contributed by atoms with E-state index in [-0.39, 0.29) is 5.41 Å². The lowest BCUT2D eigenvalue weighted by Crippen LogP contribution is -2.59. The molecule has 0 radical (unpaired) electrons. The highest BCUT2D eigenvalue weighted by molar-refractivity contribution is 7.86. The Kier molecular flexibility index (Phi) is 3.97.